The number of benzene rings is 3. The Hall–Kier alpha value is -4.47. The van der Waals surface area contributed by atoms with Crippen molar-refractivity contribution in [2.45, 2.75) is 51.7 Å². The van der Waals surface area contributed by atoms with Crippen molar-refractivity contribution in [3.05, 3.63) is 95.7 Å². The Bertz CT molecular complexity index is 1510. The van der Waals surface area contributed by atoms with Gasteiger partial charge in [0.05, 0.1) is 24.6 Å². The summed E-state index contributed by atoms with van der Waals surface area (Å²) in [5, 5.41) is 21.6. The third kappa shape index (κ3) is 8.53. The molecule has 43 heavy (non-hydrogen) atoms. The van der Waals surface area contributed by atoms with Gasteiger partial charge in [-0.25, -0.2) is 4.68 Å². The zero-order valence-electron chi connectivity index (χ0n) is 24.4. The second-order valence-corrected chi connectivity index (χ2v) is 10.2. The Balaban J connectivity index is 0.000000467. The fourth-order valence-corrected chi connectivity index (χ4v) is 5.14. The van der Waals surface area contributed by atoms with Crippen molar-refractivity contribution in [2.75, 3.05) is 19.8 Å². The standard InChI is InChI=1S/C30H33N3O2.C4H6O4/c1-2-27(22-8-4-3-5-9-22)30(23-11-14-26(15-12-23)34-19-17-31)24-13-16-28-25(20-24)21-32-33(28)29-10-6-7-18-35-29;5-3(6)1-2-4(7)8/h3-5,8-9,11-16,20-21,29H,2,6-7,10,17-19,31H2,1H3;1-2H2,(H,5,6)(H,7,8)/b30-27+;. The van der Waals surface area contributed by atoms with E-state index in [0.717, 1.165) is 48.1 Å². The second-order valence-electron chi connectivity index (χ2n) is 10.2. The second kappa shape index (κ2) is 15.7. The number of aliphatic carboxylic acids is 2. The fourth-order valence-electron chi connectivity index (χ4n) is 5.14. The highest BCUT2D eigenvalue weighted by atomic mass is 16.5. The maximum atomic E-state index is 9.64. The molecule has 2 heterocycles. The molecule has 0 spiro atoms. The average Bonchev–Trinajstić information content (AvgIpc) is 3.46. The number of carbonyl (C=O) groups is 2. The molecule has 1 aliphatic heterocycles. The summed E-state index contributed by atoms with van der Waals surface area (Å²) < 4.78 is 13.8. The summed E-state index contributed by atoms with van der Waals surface area (Å²) >= 11 is 0. The number of aromatic nitrogens is 2. The summed E-state index contributed by atoms with van der Waals surface area (Å²) in [4.78, 5) is 19.3. The Labute approximate surface area is 251 Å². The fraction of sp³-hybridized carbons (Fsp3) is 0.324. The topological polar surface area (TPSA) is 137 Å². The summed E-state index contributed by atoms with van der Waals surface area (Å²) in [7, 11) is 0. The van der Waals surface area contributed by atoms with Crippen LogP contribution in [0.15, 0.2) is 79.0 Å². The Morgan fingerprint density at radius 2 is 1.65 bits per heavy atom. The minimum absolute atomic E-state index is 0.0266. The maximum absolute atomic E-state index is 9.64. The van der Waals surface area contributed by atoms with Crippen LogP contribution in [0.4, 0.5) is 0 Å². The minimum atomic E-state index is -1.08. The van der Waals surface area contributed by atoms with Crippen LogP contribution in [-0.4, -0.2) is 51.7 Å². The van der Waals surface area contributed by atoms with E-state index in [1.54, 1.807) is 0 Å². The first-order chi connectivity index (χ1) is 20.9. The number of rotatable bonds is 11. The van der Waals surface area contributed by atoms with Gasteiger partial charge in [-0.15, -0.1) is 0 Å². The summed E-state index contributed by atoms with van der Waals surface area (Å²) in [5.41, 5.74) is 12.8. The quantitative estimate of drug-likeness (QED) is 0.173. The molecule has 0 radical (unpaired) electrons. The van der Waals surface area contributed by atoms with Gasteiger partial charge in [0.1, 0.15) is 12.4 Å². The summed E-state index contributed by atoms with van der Waals surface area (Å²) in [6.45, 7) is 4.04. The van der Waals surface area contributed by atoms with Crippen LogP contribution in [0.2, 0.25) is 0 Å². The molecule has 1 saturated heterocycles. The molecule has 5 rings (SSSR count). The molecule has 4 aromatic rings. The van der Waals surface area contributed by atoms with Crippen LogP contribution in [0.1, 0.15) is 68.4 Å². The number of fused-ring (bicyclic) bond motifs is 1. The van der Waals surface area contributed by atoms with Gasteiger partial charge in [0, 0.05) is 18.5 Å². The first kappa shape index (κ1) is 31.5. The number of carboxylic acids is 2. The third-order valence-electron chi connectivity index (χ3n) is 7.17. The molecular formula is C34H39N3O6. The molecule has 0 amide bonds. The highest BCUT2D eigenvalue weighted by Gasteiger charge is 2.20. The molecule has 1 fully saturated rings. The van der Waals surface area contributed by atoms with Crippen LogP contribution >= 0.6 is 0 Å². The number of hydrogen-bond donors (Lipinski definition) is 3. The molecule has 0 aliphatic carbocycles. The van der Waals surface area contributed by atoms with E-state index in [4.69, 9.17) is 30.5 Å². The van der Waals surface area contributed by atoms with Crippen LogP contribution in [0.5, 0.6) is 5.75 Å². The van der Waals surface area contributed by atoms with Gasteiger partial charge in [-0.2, -0.15) is 5.10 Å². The van der Waals surface area contributed by atoms with Crippen molar-refractivity contribution in [3.8, 4) is 5.75 Å². The van der Waals surface area contributed by atoms with E-state index in [2.05, 4.69) is 67.6 Å². The van der Waals surface area contributed by atoms with Crippen molar-refractivity contribution in [3.63, 3.8) is 0 Å². The first-order valence-electron chi connectivity index (χ1n) is 14.7. The lowest BCUT2D eigenvalue weighted by Crippen LogP contribution is -2.18. The third-order valence-corrected chi connectivity index (χ3v) is 7.17. The molecule has 3 aromatic carbocycles. The van der Waals surface area contributed by atoms with Gasteiger partial charge in [0.25, 0.3) is 0 Å². The largest absolute Gasteiger partial charge is 0.492 e. The zero-order chi connectivity index (χ0) is 30.6. The monoisotopic (exact) mass is 585 g/mol. The molecule has 226 valence electrons. The number of nitrogens with zero attached hydrogens (tertiary/aromatic N) is 2. The predicted molar refractivity (Wildman–Crippen MR) is 167 cm³/mol. The van der Waals surface area contributed by atoms with E-state index < -0.39 is 11.9 Å². The Morgan fingerprint density at radius 1 is 0.953 bits per heavy atom. The highest BCUT2D eigenvalue weighted by molar-refractivity contribution is 6.00. The predicted octanol–water partition coefficient (Wildman–Crippen LogP) is 6.38. The molecule has 4 N–H and O–H groups in total. The van der Waals surface area contributed by atoms with Crippen molar-refractivity contribution in [2.24, 2.45) is 5.73 Å². The van der Waals surface area contributed by atoms with Crippen LogP contribution in [0, 0.1) is 0 Å². The number of ether oxygens (including phenoxy) is 2. The van der Waals surface area contributed by atoms with E-state index in [1.165, 1.54) is 28.7 Å². The molecular weight excluding hydrogens is 546 g/mol. The smallest absolute Gasteiger partial charge is 0.303 e. The normalized spacial score (nSPS) is 15.3. The van der Waals surface area contributed by atoms with E-state index >= 15 is 0 Å². The lowest BCUT2D eigenvalue weighted by Gasteiger charge is -2.23. The summed E-state index contributed by atoms with van der Waals surface area (Å²) in [6.07, 6.45) is 5.63. The molecule has 1 unspecified atom stereocenters. The van der Waals surface area contributed by atoms with Gasteiger partial charge in [-0.05, 0) is 77.8 Å². The summed E-state index contributed by atoms with van der Waals surface area (Å²) in [6, 6.07) is 25.6. The highest BCUT2D eigenvalue weighted by Crippen LogP contribution is 2.37. The van der Waals surface area contributed by atoms with Crippen molar-refractivity contribution >= 4 is 34.0 Å². The van der Waals surface area contributed by atoms with E-state index in [-0.39, 0.29) is 19.1 Å². The molecule has 1 aliphatic rings. The average molecular weight is 586 g/mol. The number of nitrogens with two attached hydrogens (primary N) is 1. The van der Waals surface area contributed by atoms with Crippen molar-refractivity contribution in [1.29, 1.82) is 0 Å². The maximum Gasteiger partial charge on any atom is 0.303 e. The number of hydrogen-bond acceptors (Lipinski definition) is 6. The molecule has 0 saturated carbocycles. The molecule has 1 atom stereocenters. The lowest BCUT2D eigenvalue weighted by molar-refractivity contribution is -0.143. The molecule has 9 nitrogen and oxygen atoms in total. The van der Waals surface area contributed by atoms with Gasteiger partial charge >= 0.3 is 11.9 Å². The minimum Gasteiger partial charge on any atom is -0.492 e. The van der Waals surface area contributed by atoms with Crippen LogP contribution in [0.3, 0.4) is 0 Å². The van der Waals surface area contributed by atoms with Gasteiger partial charge in [0.15, 0.2) is 6.23 Å². The Kier molecular flexibility index (Phi) is 11.5. The lowest BCUT2D eigenvalue weighted by atomic mass is 9.88. The molecule has 0 bridgehead atoms. The van der Waals surface area contributed by atoms with E-state index in [0.29, 0.717) is 13.2 Å². The first-order valence-corrected chi connectivity index (χ1v) is 14.7. The van der Waals surface area contributed by atoms with Crippen LogP contribution in [0.25, 0.3) is 22.0 Å². The van der Waals surface area contributed by atoms with Crippen LogP contribution in [-0.2, 0) is 14.3 Å². The van der Waals surface area contributed by atoms with Gasteiger partial charge < -0.3 is 25.4 Å². The van der Waals surface area contributed by atoms with Gasteiger partial charge in [-0.1, -0.05) is 55.5 Å². The van der Waals surface area contributed by atoms with E-state index in [9.17, 15) is 9.59 Å². The number of allylic oxidation sites excluding steroid dienone is 1. The molecule has 1 aromatic heterocycles. The van der Waals surface area contributed by atoms with Crippen molar-refractivity contribution < 1.29 is 29.3 Å². The van der Waals surface area contributed by atoms with Gasteiger partial charge in [0.2, 0.25) is 0 Å². The SMILES string of the molecule is CC/C(=C(/c1ccc(OCCN)cc1)c1ccc2c(cnn2C2CCCCO2)c1)c1ccccc1.O=C(O)CCC(=O)O. The Morgan fingerprint density at radius 3 is 2.26 bits per heavy atom. The van der Waals surface area contributed by atoms with Crippen molar-refractivity contribution in [1.82, 2.24) is 9.78 Å². The molecule has 9 heteroatoms. The summed E-state index contributed by atoms with van der Waals surface area (Å²) in [5.74, 6) is -1.32. The van der Waals surface area contributed by atoms with Crippen LogP contribution < -0.4 is 10.5 Å². The van der Waals surface area contributed by atoms with E-state index in [1.807, 2.05) is 23.0 Å². The zero-order valence-corrected chi connectivity index (χ0v) is 24.4. The van der Waals surface area contributed by atoms with Gasteiger partial charge in [-0.3, -0.25) is 9.59 Å². The number of carboxylic acid groups (broad SMARTS) is 2.